The van der Waals surface area contributed by atoms with Crippen molar-refractivity contribution >= 4 is 16.9 Å². The summed E-state index contributed by atoms with van der Waals surface area (Å²) in [7, 11) is 0. The number of para-hydroxylation sites is 2. The maximum atomic E-state index is 12.7. The SMILES string of the molecule is Cc1nccc(OC2CCN(C(=O)c3cnc4ccccc4n3)CC2)n1. The second-order valence-corrected chi connectivity index (χ2v) is 6.30. The minimum absolute atomic E-state index is 0.0519. The number of hydrogen-bond donors (Lipinski definition) is 0. The predicted molar refractivity (Wildman–Crippen MR) is 95.9 cm³/mol. The summed E-state index contributed by atoms with van der Waals surface area (Å²) >= 11 is 0. The molecule has 2 aromatic heterocycles. The highest BCUT2D eigenvalue weighted by Gasteiger charge is 2.26. The van der Waals surface area contributed by atoms with E-state index in [0.29, 0.717) is 30.5 Å². The summed E-state index contributed by atoms with van der Waals surface area (Å²) in [5.41, 5.74) is 1.90. The van der Waals surface area contributed by atoms with Crippen molar-refractivity contribution in [3.63, 3.8) is 0 Å². The van der Waals surface area contributed by atoms with Gasteiger partial charge in [0.15, 0.2) is 0 Å². The lowest BCUT2D eigenvalue weighted by atomic mass is 10.1. The zero-order chi connectivity index (χ0) is 17.9. The second-order valence-electron chi connectivity index (χ2n) is 6.30. The van der Waals surface area contributed by atoms with Gasteiger partial charge in [-0.2, -0.15) is 4.98 Å². The van der Waals surface area contributed by atoms with E-state index in [4.69, 9.17) is 4.74 Å². The van der Waals surface area contributed by atoms with Gasteiger partial charge in [0.25, 0.3) is 5.91 Å². The van der Waals surface area contributed by atoms with E-state index in [-0.39, 0.29) is 12.0 Å². The van der Waals surface area contributed by atoms with Crippen molar-refractivity contribution in [1.29, 1.82) is 0 Å². The molecule has 1 aliphatic heterocycles. The summed E-state index contributed by atoms with van der Waals surface area (Å²) in [4.78, 5) is 31.6. The van der Waals surface area contributed by atoms with Crippen LogP contribution in [0.2, 0.25) is 0 Å². The third-order valence-electron chi connectivity index (χ3n) is 4.43. The number of amides is 1. The molecule has 3 aromatic rings. The van der Waals surface area contributed by atoms with Gasteiger partial charge in [0.2, 0.25) is 5.88 Å². The molecule has 1 aliphatic rings. The Hall–Kier alpha value is -3.09. The number of rotatable bonds is 3. The third-order valence-corrected chi connectivity index (χ3v) is 4.43. The number of piperidine rings is 1. The number of nitrogens with zero attached hydrogens (tertiary/aromatic N) is 5. The minimum atomic E-state index is -0.0837. The first kappa shape index (κ1) is 16.4. The van der Waals surface area contributed by atoms with E-state index in [2.05, 4.69) is 19.9 Å². The summed E-state index contributed by atoms with van der Waals surface area (Å²) in [6.45, 7) is 3.09. The highest BCUT2D eigenvalue weighted by Crippen LogP contribution is 2.19. The van der Waals surface area contributed by atoms with Crippen molar-refractivity contribution in [3.8, 4) is 5.88 Å². The van der Waals surface area contributed by atoms with Gasteiger partial charge < -0.3 is 9.64 Å². The van der Waals surface area contributed by atoms with Crippen LogP contribution in [0.5, 0.6) is 5.88 Å². The van der Waals surface area contributed by atoms with Gasteiger partial charge in [-0.15, -0.1) is 0 Å². The molecule has 0 atom stereocenters. The highest BCUT2D eigenvalue weighted by atomic mass is 16.5. The van der Waals surface area contributed by atoms with Crippen LogP contribution in [-0.2, 0) is 0 Å². The lowest BCUT2D eigenvalue weighted by molar-refractivity contribution is 0.0582. The van der Waals surface area contributed by atoms with Crippen LogP contribution in [-0.4, -0.2) is 49.9 Å². The third kappa shape index (κ3) is 3.46. The van der Waals surface area contributed by atoms with Crippen molar-refractivity contribution in [3.05, 3.63) is 54.2 Å². The molecule has 0 spiro atoms. The van der Waals surface area contributed by atoms with Crippen LogP contribution in [0.4, 0.5) is 0 Å². The summed E-state index contributed by atoms with van der Waals surface area (Å²) < 4.78 is 5.91. The first-order chi connectivity index (χ1) is 12.7. The molecule has 1 fully saturated rings. The van der Waals surface area contributed by atoms with E-state index in [1.54, 1.807) is 18.5 Å². The molecular weight excluding hydrogens is 330 g/mol. The molecule has 0 unspecified atom stereocenters. The lowest BCUT2D eigenvalue weighted by Gasteiger charge is -2.31. The van der Waals surface area contributed by atoms with Crippen LogP contribution < -0.4 is 4.74 Å². The van der Waals surface area contributed by atoms with Crippen molar-refractivity contribution in [2.45, 2.75) is 25.9 Å². The van der Waals surface area contributed by atoms with E-state index in [9.17, 15) is 4.79 Å². The molecule has 1 amide bonds. The number of hydrogen-bond acceptors (Lipinski definition) is 6. The van der Waals surface area contributed by atoms with Gasteiger partial charge >= 0.3 is 0 Å². The minimum Gasteiger partial charge on any atom is -0.474 e. The average Bonchev–Trinajstić information content (AvgIpc) is 2.68. The molecule has 0 bridgehead atoms. The molecule has 26 heavy (non-hydrogen) atoms. The zero-order valence-corrected chi connectivity index (χ0v) is 14.5. The number of carbonyl (C=O) groups is 1. The summed E-state index contributed by atoms with van der Waals surface area (Å²) in [6, 6.07) is 9.30. The normalized spacial score (nSPS) is 15.2. The number of likely N-dealkylation sites (tertiary alicyclic amines) is 1. The Morgan fingerprint density at radius 3 is 2.62 bits per heavy atom. The van der Waals surface area contributed by atoms with E-state index >= 15 is 0 Å². The highest BCUT2D eigenvalue weighted by molar-refractivity contribution is 5.93. The average molecular weight is 349 g/mol. The Bertz CT molecular complexity index is 938. The molecule has 0 saturated carbocycles. The van der Waals surface area contributed by atoms with Crippen molar-refractivity contribution < 1.29 is 9.53 Å². The maximum absolute atomic E-state index is 12.7. The number of carbonyl (C=O) groups excluding carboxylic acids is 1. The molecule has 0 aliphatic carbocycles. The number of aryl methyl sites for hydroxylation is 1. The summed E-state index contributed by atoms with van der Waals surface area (Å²) in [5, 5.41) is 0. The van der Waals surface area contributed by atoms with Crippen LogP contribution in [0, 0.1) is 6.92 Å². The monoisotopic (exact) mass is 349 g/mol. The van der Waals surface area contributed by atoms with Gasteiger partial charge in [-0.1, -0.05) is 12.1 Å². The lowest BCUT2D eigenvalue weighted by Crippen LogP contribution is -2.42. The van der Waals surface area contributed by atoms with E-state index in [1.807, 2.05) is 36.1 Å². The molecule has 0 radical (unpaired) electrons. The van der Waals surface area contributed by atoms with Crippen LogP contribution in [0.1, 0.15) is 29.2 Å². The standard InChI is InChI=1S/C19H19N5O2/c1-13-20-9-6-18(22-13)26-14-7-10-24(11-8-14)19(25)17-12-21-15-4-2-3-5-16(15)23-17/h2-6,9,12,14H,7-8,10-11H2,1H3. The zero-order valence-electron chi connectivity index (χ0n) is 14.5. The molecule has 132 valence electrons. The van der Waals surface area contributed by atoms with Gasteiger partial charge in [-0.05, 0) is 19.1 Å². The topological polar surface area (TPSA) is 81.1 Å². The molecule has 7 nitrogen and oxygen atoms in total. The molecule has 4 rings (SSSR count). The van der Waals surface area contributed by atoms with Crippen molar-refractivity contribution in [2.24, 2.45) is 0 Å². The van der Waals surface area contributed by atoms with Gasteiger partial charge in [-0.25, -0.2) is 9.97 Å². The molecule has 7 heteroatoms. The molecule has 1 aromatic carbocycles. The fourth-order valence-electron chi connectivity index (χ4n) is 3.07. The first-order valence-electron chi connectivity index (χ1n) is 8.66. The predicted octanol–water partition coefficient (Wildman–Crippen LogP) is 2.41. The number of ether oxygens (including phenoxy) is 1. The number of fused-ring (bicyclic) bond motifs is 1. The van der Waals surface area contributed by atoms with Gasteiger partial charge in [0.05, 0.1) is 17.2 Å². The van der Waals surface area contributed by atoms with E-state index in [0.717, 1.165) is 23.9 Å². The Labute approximate surface area is 151 Å². The number of benzene rings is 1. The van der Waals surface area contributed by atoms with Crippen LogP contribution in [0.3, 0.4) is 0 Å². The molecule has 3 heterocycles. The quantitative estimate of drug-likeness (QED) is 0.722. The first-order valence-corrected chi connectivity index (χ1v) is 8.66. The van der Waals surface area contributed by atoms with Crippen molar-refractivity contribution in [1.82, 2.24) is 24.8 Å². The molecule has 0 N–H and O–H groups in total. The Morgan fingerprint density at radius 1 is 1.08 bits per heavy atom. The molecule has 1 saturated heterocycles. The Kier molecular flexibility index (Phi) is 4.43. The van der Waals surface area contributed by atoms with E-state index < -0.39 is 0 Å². The Morgan fingerprint density at radius 2 is 1.85 bits per heavy atom. The van der Waals surface area contributed by atoms with Crippen LogP contribution in [0.25, 0.3) is 11.0 Å². The van der Waals surface area contributed by atoms with Crippen LogP contribution in [0.15, 0.2) is 42.7 Å². The Balaban J connectivity index is 1.39. The molecular formula is C19H19N5O2. The smallest absolute Gasteiger partial charge is 0.274 e. The van der Waals surface area contributed by atoms with Crippen LogP contribution >= 0.6 is 0 Å². The van der Waals surface area contributed by atoms with E-state index in [1.165, 1.54) is 0 Å². The summed E-state index contributed by atoms with van der Waals surface area (Å²) in [6.07, 6.45) is 4.81. The fourth-order valence-corrected chi connectivity index (χ4v) is 3.07. The van der Waals surface area contributed by atoms with Gasteiger partial charge in [0.1, 0.15) is 17.6 Å². The van der Waals surface area contributed by atoms with Gasteiger partial charge in [-0.3, -0.25) is 9.78 Å². The van der Waals surface area contributed by atoms with Crippen molar-refractivity contribution in [2.75, 3.05) is 13.1 Å². The second kappa shape index (κ2) is 7.03. The fraction of sp³-hybridized carbons (Fsp3) is 0.316. The summed E-state index contributed by atoms with van der Waals surface area (Å²) in [5.74, 6) is 1.19. The maximum Gasteiger partial charge on any atom is 0.274 e. The largest absolute Gasteiger partial charge is 0.474 e. The van der Waals surface area contributed by atoms with Gasteiger partial charge in [0, 0.05) is 38.2 Å². The number of aromatic nitrogens is 4.